The van der Waals surface area contributed by atoms with Gasteiger partial charge >= 0.3 is 0 Å². The lowest BCUT2D eigenvalue weighted by molar-refractivity contribution is 0.208. The minimum atomic E-state index is -4.04. The van der Waals surface area contributed by atoms with E-state index in [1.807, 2.05) is 18.2 Å². The molecule has 2 aromatic heterocycles. The van der Waals surface area contributed by atoms with Gasteiger partial charge in [-0.2, -0.15) is 0 Å². The average molecular weight is 472 g/mol. The molecule has 0 amide bonds. The van der Waals surface area contributed by atoms with E-state index < -0.39 is 10.0 Å². The fourth-order valence-electron chi connectivity index (χ4n) is 3.59. The molecule has 32 heavy (non-hydrogen) atoms. The number of pyridine rings is 1. The van der Waals surface area contributed by atoms with Crippen molar-refractivity contribution in [3.05, 3.63) is 71.7 Å². The highest BCUT2D eigenvalue weighted by Gasteiger charge is 2.31. The number of rotatable bonds is 7. The summed E-state index contributed by atoms with van der Waals surface area (Å²) >= 11 is 6.20. The standard InChI is InChI=1S/C23H22ClN3O4S/c1-15-16(2)31-26-23(15)27(14-30-3)32(28,29)22-7-5-4-6-20(22)18-10-17-8-9-25-13-21(17)19(11-18)12-24/h4-11,13H,12,14H2,1-3H3. The van der Waals surface area contributed by atoms with E-state index in [1.165, 1.54) is 7.11 Å². The zero-order valence-corrected chi connectivity index (χ0v) is 19.4. The maximum absolute atomic E-state index is 13.8. The van der Waals surface area contributed by atoms with Crippen LogP contribution >= 0.6 is 11.6 Å². The molecular formula is C23H22ClN3O4S. The van der Waals surface area contributed by atoms with Gasteiger partial charge in [0, 0.05) is 41.9 Å². The lowest BCUT2D eigenvalue weighted by atomic mass is 9.98. The summed E-state index contributed by atoms with van der Waals surface area (Å²) in [5, 5.41) is 5.82. The van der Waals surface area contributed by atoms with Crippen molar-refractivity contribution >= 4 is 38.2 Å². The van der Waals surface area contributed by atoms with Crippen molar-refractivity contribution in [1.29, 1.82) is 0 Å². The predicted molar refractivity (Wildman–Crippen MR) is 124 cm³/mol. The largest absolute Gasteiger partial charge is 0.363 e. The summed E-state index contributed by atoms with van der Waals surface area (Å²) in [6.07, 6.45) is 3.46. The van der Waals surface area contributed by atoms with Gasteiger partial charge < -0.3 is 9.26 Å². The second-order valence-corrected chi connectivity index (χ2v) is 9.42. The molecule has 0 saturated heterocycles. The van der Waals surface area contributed by atoms with Crippen molar-refractivity contribution in [2.45, 2.75) is 24.6 Å². The van der Waals surface area contributed by atoms with E-state index in [0.29, 0.717) is 16.9 Å². The Labute approximate surface area is 191 Å². The molecule has 2 aromatic carbocycles. The quantitative estimate of drug-likeness (QED) is 0.277. The summed E-state index contributed by atoms with van der Waals surface area (Å²) in [5.41, 5.74) is 2.79. The SMILES string of the molecule is COCN(c1noc(C)c1C)S(=O)(=O)c1ccccc1-c1cc(CCl)c2cnccc2c1. The molecule has 166 valence electrons. The molecular weight excluding hydrogens is 450 g/mol. The van der Waals surface area contributed by atoms with Crippen LogP contribution in [0.3, 0.4) is 0 Å². The van der Waals surface area contributed by atoms with Crippen LogP contribution in [0.2, 0.25) is 0 Å². The molecule has 0 N–H and O–H groups in total. The number of anilines is 1. The molecule has 0 fully saturated rings. The number of aryl methyl sites for hydroxylation is 1. The number of alkyl halides is 1. The Morgan fingerprint density at radius 1 is 1.16 bits per heavy atom. The molecule has 0 atom stereocenters. The highest BCUT2D eigenvalue weighted by molar-refractivity contribution is 7.93. The molecule has 0 radical (unpaired) electrons. The fourth-order valence-corrected chi connectivity index (χ4v) is 5.40. The zero-order chi connectivity index (χ0) is 22.9. The zero-order valence-electron chi connectivity index (χ0n) is 17.9. The van der Waals surface area contributed by atoms with Gasteiger partial charge in [-0.15, -0.1) is 11.6 Å². The van der Waals surface area contributed by atoms with Crippen molar-refractivity contribution in [2.75, 3.05) is 18.1 Å². The van der Waals surface area contributed by atoms with Crippen molar-refractivity contribution < 1.29 is 17.7 Å². The summed E-state index contributed by atoms with van der Waals surface area (Å²) < 4.78 is 39.2. The van der Waals surface area contributed by atoms with E-state index in [0.717, 1.165) is 26.2 Å². The van der Waals surface area contributed by atoms with E-state index >= 15 is 0 Å². The maximum Gasteiger partial charge on any atom is 0.268 e. The van der Waals surface area contributed by atoms with Crippen LogP contribution in [0.5, 0.6) is 0 Å². The van der Waals surface area contributed by atoms with Gasteiger partial charge in [-0.05, 0) is 54.6 Å². The predicted octanol–water partition coefficient (Wildman–Crippen LogP) is 5.04. The van der Waals surface area contributed by atoms with Gasteiger partial charge in [0.1, 0.15) is 12.5 Å². The molecule has 9 heteroatoms. The molecule has 4 rings (SSSR count). The van der Waals surface area contributed by atoms with E-state index in [-0.39, 0.29) is 23.3 Å². The molecule has 0 aliphatic carbocycles. The lowest BCUT2D eigenvalue weighted by Gasteiger charge is -2.23. The van der Waals surface area contributed by atoms with Gasteiger partial charge in [-0.1, -0.05) is 23.4 Å². The van der Waals surface area contributed by atoms with E-state index in [2.05, 4.69) is 10.1 Å². The van der Waals surface area contributed by atoms with Gasteiger partial charge in [-0.3, -0.25) is 4.98 Å². The van der Waals surface area contributed by atoms with Crippen molar-refractivity contribution in [2.24, 2.45) is 0 Å². The van der Waals surface area contributed by atoms with Crippen molar-refractivity contribution in [3.8, 4) is 11.1 Å². The van der Waals surface area contributed by atoms with Gasteiger partial charge in [0.25, 0.3) is 10.0 Å². The molecule has 0 spiro atoms. The van der Waals surface area contributed by atoms with Gasteiger partial charge in [0.2, 0.25) is 0 Å². The second-order valence-electron chi connectivity index (χ2n) is 7.32. The topological polar surface area (TPSA) is 85.5 Å². The minimum Gasteiger partial charge on any atom is -0.363 e. The third kappa shape index (κ3) is 3.85. The first-order valence-corrected chi connectivity index (χ1v) is 11.8. The molecule has 0 bridgehead atoms. The highest BCUT2D eigenvalue weighted by Crippen LogP contribution is 2.35. The Morgan fingerprint density at radius 2 is 1.94 bits per heavy atom. The number of ether oxygens (including phenoxy) is 1. The Hall–Kier alpha value is -2.94. The third-order valence-electron chi connectivity index (χ3n) is 5.37. The van der Waals surface area contributed by atoms with Gasteiger partial charge in [0.05, 0.1) is 4.90 Å². The Morgan fingerprint density at radius 3 is 2.62 bits per heavy atom. The smallest absolute Gasteiger partial charge is 0.268 e. The van der Waals surface area contributed by atoms with E-state index in [4.69, 9.17) is 20.9 Å². The van der Waals surface area contributed by atoms with Crippen molar-refractivity contribution in [3.63, 3.8) is 0 Å². The lowest BCUT2D eigenvalue weighted by Crippen LogP contribution is -2.34. The summed E-state index contributed by atoms with van der Waals surface area (Å²) in [5.74, 6) is 1.02. The fraction of sp³-hybridized carbons (Fsp3) is 0.217. The van der Waals surface area contributed by atoms with Gasteiger partial charge in [-0.25, -0.2) is 12.7 Å². The van der Waals surface area contributed by atoms with Gasteiger partial charge in [0.15, 0.2) is 5.82 Å². The number of benzene rings is 2. The molecule has 0 aliphatic rings. The monoisotopic (exact) mass is 471 g/mol. The number of halogens is 1. The van der Waals surface area contributed by atoms with Crippen LogP contribution in [0.1, 0.15) is 16.9 Å². The van der Waals surface area contributed by atoms with Crippen LogP contribution in [-0.2, 0) is 20.6 Å². The first-order valence-electron chi connectivity index (χ1n) is 9.85. The number of hydrogen-bond acceptors (Lipinski definition) is 6. The van der Waals surface area contributed by atoms with Crippen molar-refractivity contribution in [1.82, 2.24) is 10.1 Å². The summed E-state index contributed by atoms with van der Waals surface area (Å²) in [6, 6.07) is 12.6. The Kier molecular flexibility index (Phi) is 6.19. The number of fused-ring (bicyclic) bond motifs is 1. The van der Waals surface area contributed by atoms with Crippen LogP contribution in [0.4, 0.5) is 5.82 Å². The summed E-state index contributed by atoms with van der Waals surface area (Å²) in [6.45, 7) is 3.28. The second kappa shape index (κ2) is 8.90. The molecule has 4 aromatic rings. The maximum atomic E-state index is 13.8. The number of aromatic nitrogens is 2. The number of sulfonamides is 1. The molecule has 0 unspecified atom stereocenters. The molecule has 7 nitrogen and oxygen atoms in total. The first kappa shape index (κ1) is 22.3. The summed E-state index contributed by atoms with van der Waals surface area (Å²) in [4.78, 5) is 4.31. The van der Waals surface area contributed by atoms with Crippen LogP contribution in [0.25, 0.3) is 21.9 Å². The van der Waals surface area contributed by atoms with E-state index in [1.54, 1.807) is 50.5 Å². The Balaban J connectivity index is 1.91. The summed E-state index contributed by atoms with van der Waals surface area (Å²) in [7, 11) is -2.61. The third-order valence-corrected chi connectivity index (χ3v) is 7.43. The number of nitrogens with zero attached hydrogens (tertiary/aromatic N) is 3. The number of methoxy groups -OCH3 is 1. The Bertz CT molecular complexity index is 1390. The van der Waals surface area contributed by atoms with Crippen LogP contribution in [-0.4, -0.2) is 32.4 Å². The highest BCUT2D eigenvalue weighted by atomic mass is 35.5. The average Bonchev–Trinajstić information content (AvgIpc) is 3.14. The van der Waals surface area contributed by atoms with Crippen LogP contribution < -0.4 is 4.31 Å². The minimum absolute atomic E-state index is 0.131. The normalized spacial score (nSPS) is 11.8. The molecule has 0 aliphatic heterocycles. The van der Waals surface area contributed by atoms with Crippen LogP contribution in [0, 0.1) is 13.8 Å². The molecule has 0 saturated carbocycles. The van der Waals surface area contributed by atoms with E-state index in [9.17, 15) is 8.42 Å². The first-order chi connectivity index (χ1) is 15.4. The molecule has 2 heterocycles. The van der Waals surface area contributed by atoms with Crippen LogP contribution in [0.15, 0.2) is 64.3 Å². The number of hydrogen-bond donors (Lipinski definition) is 0.